The Kier molecular flexibility index (Phi) is 5.68. The number of imidazole rings is 1. The molecule has 0 aliphatic heterocycles. The lowest BCUT2D eigenvalue weighted by Gasteiger charge is -2.24. The molecule has 0 fully saturated rings. The van der Waals surface area contributed by atoms with Gasteiger partial charge in [0.05, 0.1) is 13.7 Å². The van der Waals surface area contributed by atoms with E-state index in [1.807, 2.05) is 48.9 Å². The Morgan fingerprint density at radius 1 is 1.12 bits per heavy atom. The van der Waals surface area contributed by atoms with Crippen molar-refractivity contribution in [3.8, 4) is 11.4 Å². The van der Waals surface area contributed by atoms with Gasteiger partial charge in [-0.1, -0.05) is 0 Å². The Bertz CT molecular complexity index is 841. The van der Waals surface area contributed by atoms with Gasteiger partial charge < -0.3 is 9.30 Å². The van der Waals surface area contributed by atoms with Gasteiger partial charge in [0.2, 0.25) is 0 Å². The number of rotatable bonds is 7. The second-order valence-electron chi connectivity index (χ2n) is 6.70. The van der Waals surface area contributed by atoms with Crippen molar-refractivity contribution in [3.63, 3.8) is 0 Å². The summed E-state index contributed by atoms with van der Waals surface area (Å²) in [6.07, 6.45) is 6.65. The van der Waals surface area contributed by atoms with E-state index in [0.717, 1.165) is 35.9 Å². The molecule has 0 aliphatic rings. The highest BCUT2D eigenvalue weighted by atomic mass is 16.5. The molecule has 0 bridgehead atoms. The van der Waals surface area contributed by atoms with Crippen LogP contribution in [0.4, 0.5) is 0 Å². The Morgan fingerprint density at radius 2 is 1.88 bits per heavy atom. The number of benzene rings is 1. The van der Waals surface area contributed by atoms with Gasteiger partial charge in [0.1, 0.15) is 11.6 Å². The van der Waals surface area contributed by atoms with Crippen molar-refractivity contribution in [2.24, 2.45) is 0 Å². The Labute approximate surface area is 155 Å². The van der Waals surface area contributed by atoms with Crippen LogP contribution in [0.15, 0.2) is 55.0 Å². The molecule has 3 rings (SSSR count). The SMILES string of the molecule is COc1ccc(-n2ccnc2CN(C)[C@@H](C)Cc2cc(C)ccn2)cc1. The first-order valence-corrected chi connectivity index (χ1v) is 8.85. The van der Waals surface area contributed by atoms with Crippen molar-refractivity contribution in [1.82, 2.24) is 19.4 Å². The van der Waals surface area contributed by atoms with Gasteiger partial charge >= 0.3 is 0 Å². The van der Waals surface area contributed by atoms with Crippen LogP contribution in [0, 0.1) is 6.92 Å². The van der Waals surface area contributed by atoms with Gasteiger partial charge in [-0.05, 0) is 62.9 Å². The summed E-state index contributed by atoms with van der Waals surface area (Å²) < 4.78 is 7.36. The van der Waals surface area contributed by atoms with Crippen LogP contribution < -0.4 is 4.74 Å². The summed E-state index contributed by atoms with van der Waals surface area (Å²) in [7, 11) is 3.81. The highest BCUT2D eigenvalue weighted by Gasteiger charge is 2.14. The molecule has 5 heteroatoms. The first-order valence-electron chi connectivity index (χ1n) is 8.85. The zero-order chi connectivity index (χ0) is 18.5. The average molecular weight is 350 g/mol. The van der Waals surface area contributed by atoms with Gasteiger partial charge in [0.25, 0.3) is 0 Å². The maximum atomic E-state index is 5.24. The van der Waals surface area contributed by atoms with Crippen molar-refractivity contribution in [1.29, 1.82) is 0 Å². The van der Waals surface area contributed by atoms with Crippen molar-refractivity contribution in [2.45, 2.75) is 32.9 Å². The molecule has 0 N–H and O–H groups in total. The average Bonchev–Trinajstić information content (AvgIpc) is 3.10. The smallest absolute Gasteiger partial charge is 0.127 e. The first-order chi connectivity index (χ1) is 12.6. The topological polar surface area (TPSA) is 43.2 Å². The lowest BCUT2D eigenvalue weighted by atomic mass is 10.1. The third kappa shape index (κ3) is 4.29. The number of aromatic nitrogens is 3. The minimum Gasteiger partial charge on any atom is -0.497 e. The lowest BCUT2D eigenvalue weighted by Crippen LogP contribution is -2.31. The Hall–Kier alpha value is -2.66. The summed E-state index contributed by atoms with van der Waals surface area (Å²) in [5, 5.41) is 0. The molecule has 2 heterocycles. The zero-order valence-electron chi connectivity index (χ0n) is 15.9. The van der Waals surface area contributed by atoms with Gasteiger partial charge in [-0.2, -0.15) is 0 Å². The van der Waals surface area contributed by atoms with E-state index in [0.29, 0.717) is 6.04 Å². The van der Waals surface area contributed by atoms with Crippen LogP contribution in [0.1, 0.15) is 24.0 Å². The predicted molar refractivity (Wildman–Crippen MR) is 104 cm³/mol. The quantitative estimate of drug-likeness (QED) is 0.652. The summed E-state index contributed by atoms with van der Waals surface area (Å²) >= 11 is 0. The first kappa shape index (κ1) is 18.1. The largest absolute Gasteiger partial charge is 0.497 e. The standard InChI is InChI=1S/C21H26N4O/c1-16-9-10-22-18(13-16)14-17(2)24(3)15-21-23-11-12-25(21)19-5-7-20(26-4)8-6-19/h5-13,17H,14-15H2,1-4H3/t17-/m0/s1. The number of nitrogens with zero attached hydrogens (tertiary/aromatic N) is 4. The van der Waals surface area contributed by atoms with Crippen LogP contribution in [0.5, 0.6) is 5.75 Å². The second-order valence-corrected chi connectivity index (χ2v) is 6.70. The fourth-order valence-electron chi connectivity index (χ4n) is 2.98. The van der Waals surface area contributed by atoms with Gasteiger partial charge in [-0.25, -0.2) is 4.98 Å². The third-order valence-electron chi connectivity index (χ3n) is 4.69. The normalized spacial score (nSPS) is 12.3. The highest BCUT2D eigenvalue weighted by molar-refractivity contribution is 5.38. The van der Waals surface area contributed by atoms with Gasteiger partial charge in [0, 0.05) is 42.4 Å². The van der Waals surface area contributed by atoms with E-state index in [4.69, 9.17) is 4.74 Å². The maximum Gasteiger partial charge on any atom is 0.127 e. The van der Waals surface area contributed by atoms with E-state index in [1.54, 1.807) is 7.11 Å². The van der Waals surface area contributed by atoms with Crippen LogP contribution in [0.25, 0.3) is 5.69 Å². The predicted octanol–water partition coefficient (Wildman–Crippen LogP) is 3.65. The molecular weight excluding hydrogens is 324 g/mol. The number of likely N-dealkylation sites (N-methyl/N-ethyl adjacent to an activating group) is 1. The number of methoxy groups -OCH3 is 1. The molecule has 0 saturated heterocycles. The maximum absolute atomic E-state index is 5.24. The molecule has 0 amide bonds. The molecule has 1 aromatic carbocycles. The molecule has 5 nitrogen and oxygen atoms in total. The van der Waals surface area contributed by atoms with Gasteiger partial charge in [0.15, 0.2) is 0 Å². The fourth-order valence-corrected chi connectivity index (χ4v) is 2.98. The van der Waals surface area contributed by atoms with E-state index in [9.17, 15) is 0 Å². The van der Waals surface area contributed by atoms with E-state index in [2.05, 4.69) is 46.4 Å². The number of hydrogen-bond donors (Lipinski definition) is 0. The third-order valence-corrected chi connectivity index (χ3v) is 4.69. The van der Waals surface area contributed by atoms with Gasteiger partial charge in [-0.3, -0.25) is 9.88 Å². The van der Waals surface area contributed by atoms with Gasteiger partial charge in [-0.15, -0.1) is 0 Å². The molecule has 136 valence electrons. The van der Waals surface area contributed by atoms with E-state index in [1.165, 1.54) is 5.56 Å². The van der Waals surface area contributed by atoms with Crippen molar-refractivity contribution in [3.05, 3.63) is 72.1 Å². The number of pyridine rings is 1. The molecule has 0 saturated carbocycles. The zero-order valence-corrected chi connectivity index (χ0v) is 15.9. The van der Waals surface area contributed by atoms with E-state index in [-0.39, 0.29) is 0 Å². The molecule has 0 unspecified atom stereocenters. The van der Waals surface area contributed by atoms with Crippen LogP contribution in [-0.2, 0) is 13.0 Å². The van der Waals surface area contributed by atoms with Crippen LogP contribution in [-0.4, -0.2) is 39.6 Å². The molecule has 0 aliphatic carbocycles. The molecule has 26 heavy (non-hydrogen) atoms. The van der Waals surface area contributed by atoms with Crippen LogP contribution >= 0.6 is 0 Å². The van der Waals surface area contributed by atoms with Crippen molar-refractivity contribution < 1.29 is 4.74 Å². The summed E-state index contributed by atoms with van der Waals surface area (Å²) in [4.78, 5) is 11.3. The van der Waals surface area contributed by atoms with Crippen LogP contribution in [0.3, 0.4) is 0 Å². The molecular formula is C21H26N4O. The monoisotopic (exact) mass is 350 g/mol. The molecule has 0 radical (unpaired) electrons. The summed E-state index contributed by atoms with van der Waals surface area (Å²) in [5.41, 5.74) is 3.46. The van der Waals surface area contributed by atoms with E-state index < -0.39 is 0 Å². The lowest BCUT2D eigenvalue weighted by molar-refractivity contribution is 0.240. The summed E-state index contributed by atoms with van der Waals surface area (Å²) in [6.45, 7) is 5.10. The summed E-state index contributed by atoms with van der Waals surface area (Å²) in [5.74, 6) is 1.87. The van der Waals surface area contributed by atoms with Crippen molar-refractivity contribution >= 4 is 0 Å². The molecule has 1 atom stereocenters. The Balaban J connectivity index is 1.69. The highest BCUT2D eigenvalue weighted by Crippen LogP contribution is 2.18. The Morgan fingerprint density at radius 3 is 2.58 bits per heavy atom. The number of aryl methyl sites for hydroxylation is 1. The van der Waals surface area contributed by atoms with Crippen LogP contribution in [0.2, 0.25) is 0 Å². The minimum atomic E-state index is 0.366. The summed E-state index contributed by atoms with van der Waals surface area (Å²) in [6, 6.07) is 12.6. The molecule has 0 spiro atoms. The number of ether oxygens (including phenoxy) is 1. The fraction of sp³-hybridized carbons (Fsp3) is 0.333. The van der Waals surface area contributed by atoms with E-state index >= 15 is 0 Å². The molecule has 3 aromatic rings. The minimum absolute atomic E-state index is 0.366. The molecule has 2 aromatic heterocycles. The number of hydrogen-bond acceptors (Lipinski definition) is 4. The van der Waals surface area contributed by atoms with Crippen molar-refractivity contribution in [2.75, 3.05) is 14.2 Å². The second kappa shape index (κ2) is 8.15.